The fourth-order valence-corrected chi connectivity index (χ4v) is 1.30. The maximum Gasteiger partial charge on any atom is 0.250 e. The second-order valence-corrected chi connectivity index (χ2v) is 4.76. The second-order valence-electron chi connectivity index (χ2n) is 4.76. The van der Waals surface area contributed by atoms with E-state index >= 15 is 0 Å². The highest BCUT2D eigenvalue weighted by atomic mass is 16.5. The molecule has 1 aromatic carbocycles. The number of hydrogen-bond acceptors (Lipinski definition) is 4. The Hall–Kier alpha value is -1.59. The first-order valence-electron chi connectivity index (χ1n) is 5.71. The molecule has 0 aliphatic carbocycles. The molecule has 0 spiro atoms. The number of hydrogen-bond donors (Lipinski definition) is 2. The Balaban J connectivity index is 2.40. The van der Waals surface area contributed by atoms with Gasteiger partial charge >= 0.3 is 0 Å². The normalized spacial score (nSPS) is 11.1. The molecule has 1 aromatic rings. The quantitative estimate of drug-likeness (QED) is 0.802. The van der Waals surface area contributed by atoms with Gasteiger partial charge < -0.3 is 20.5 Å². The van der Waals surface area contributed by atoms with Crippen LogP contribution in [-0.2, 0) is 9.53 Å². The van der Waals surface area contributed by atoms with Crippen LogP contribution in [-0.4, -0.2) is 31.8 Å². The highest BCUT2D eigenvalue weighted by molar-refractivity contribution is 5.91. The molecule has 3 N–H and O–H groups in total. The number of ether oxygens (including phenoxy) is 2. The Morgan fingerprint density at radius 1 is 1.44 bits per heavy atom. The third-order valence-corrected chi connectivity index (χ3v) is 2.06. The van der Waals surface area contributed by atoms with Crippen LogP contribution in [0.5, 0.6) is 5.75 Å². The van der Waals surface area contributed by atoms with Crippen LogP contribution in [0.1, 0.15) is 13.8 Å². The Labute approximate surface area is 107 Å². The molecule has 0 aliphatic rings. The zero-order valence-electron chi connectivity index (χ0n) is 11.0. The third-order valence-electron chi connectivity index (χ3n) is 2.06. The van der Waals surface area contributed by atoms with E-state index in [1.54, 1.807) is 25.3 Å². The highest BCUT2D eigenvalue weighted by Gasteiger charge is 2.12. The summed E-state index contributed by atoms with van der Waals surface area (Å²) in [4.78, 5) is 11.6. The Morgan fingerprint density at radius 3 is 2.78 bits per heavy atom. The summed E-state index contributed by atoms with van der Waals surface area (Å²) in [6.07, 6.45) is 0. The summed E-state index contributed by atoms with van der Waals surface area (Å²) in [5.41, 5.74) is 5.98. The average Bonchev–Trinajstić information content (AvgIpc) is 2.27. The Bertz CT molecular complexity index is 399. The molecular formula is C13H20N2O3. The maximum atomic E-state index is 11.6. The van der Waals surface area contributed by atoms with Crippen LogP contribution < -0.4 is 15.8 Å². The van der Waals surface area contributed by atoms with Gasteiger partial charge in [0.25, 0.3) is 0 Å². The van der Waals surface area contributed by atoms with Crippen LogP contribution in [0.2, 0.25) is 0 Å². The largest absolute Gasteiger partial charge is 0.497 e. The third kappa shape index (κ3) is 5.65. The Morgan fingerprint density at radius 2 is 2.17 bits per heavy atom. The first kappa shape index (κ1) is 14.5. The monoisotopic (exact) mass is 252 g/mol. The molecule has 0 unspecified atom stereocenters. The molecule has 0 radical (unpaired) electrons. The molecule has 0 heterocycles. The van der Waals surface area contributed by atoms with Crippen molar-refractivity contribution in [1.29, 1.82) is 0 Å². The van der Waals surface area contributed by atoms with Gasteiger partial charge in [-0.1, -0.05) is 6.07 Å². The van der Waals surface area contributed by atoms with Crippen molar-refractivity contribution in [2.24, 2.45) is 5.73 Å². The number of rotatable bonds is 6. The van der Waals surface area contributed by atoms with Gasteiger partial charge in [0, 0.05) is 17.3 Å². The summed E-state index contributed by atoms with van der Waals surface area (Å²) in [6, 6.07) is 7.14. The van der Waals surface area contributed by atoms with Crippen molar-refractivity contribution in [3.05, 3.63) is 24.3 Å². The highest BCUT2D eigenvalue weighted by Crippen LogP contribution is 2.16. The Kier molecular flexibility index (Phi) is 5.12. The van der Waals surface area contributed by atoms with Crippen molar-refractivity contribution in [2.45, 2.75) is 19.4 Å². The minimum Gasteiger partial charge on any atom is -0.497 e. The van der Waals surface area contributed by atoms with Gasteiger partial charge in [-0.15, -0.1) is 0 Å². The van der Waals surface area contributed by atoms with Crippen molar-refractivity contribution in [1.82, 2.24) is 0 Å². The van der Waals surface area contributed by atoms with Gasteiger partial charge in [-0.05, 0) is 26.0 Å². The van der Waals surface area contributed by atoms with E-state index in [4.69, 9.17) is 15.2 Å². The summed E-state index contributed by atoms with van der Waals surface area (Å²) >= 11 is 0. The van der Waals surface area contributed by atoms with Crippen molar-refractivity contribution in [3.63, 3.8) is 0 Å². The van der Waals surface area contributed by atoms with E-state index in [-0.39, 0.29) is 12.5 Å². The van der Waals surface area contributed by atoms with Crippen molar-refractivity contribution >= 4 is 11.6 Å². The van der Waals surface area contributed by atoms with Gasteiger partial charge in [-0.2, -0.15) is 0 Å². The van der Waals surface area contributed by atoms with Gasteiger partial charge in [0.2, 0.25) is 5.91 Å². The number of benzene rings is 1. The van der Waals surface area contributed by atoms with E-state index < -0.39 is 5.54 Å². The van der Waals surface area contributed by atoms with E-state index in [9.17, 15) is 4.79 Å². The molecule has 0 saturated heterocycles. The van der Waals surface area contributed by atoms with E-state index in [2.05, 4.69) is 5.32 Å². The number of carbonyl (C=O) groups excluding carboxylic acids is 1. The molecule has 1 rings (SSSR count). The molecule has 100 valence electrons. The van der Waals surface area contributed by atoms with Crippen LogP contribution >= 0.6 is 0 Å². The molecule has 5 nitrogen and oxygen atoms in total. The molecule has 0 atom stereocenters. The zero-order chi connectivity index (χ0) is 13.6. The first-order chi connectivity index (χ1) is 8.40. The molecule has 5 heteroatoms. The number of methoxy groups -OCH3 is 1. The van der Waals surface area contributed by atoms with E-state index in [1.165, 1.54) is 0 Å². The lowest BCUT2D eigenvalue weighted by Gasteiger charge is -2.17. The summed E-state index contributed by atoms with van der Waals surface area (Å²) < 4.78 is 10.3. The van der Waals surface area contributed by atoms with Gasteiger partial charge in [-0.3, -0.25) is 4.79 Å². The van der Waals surface area contributed by atoms with Crippen LogP contribution in [0.3, 0.4) is 0 Å². The van der Waals surface area contributed by atoms with Crippen molar-refractivity contribution < 1.29 is 14.3 Å². The SMILES string of the molecule is COc1cccc(NC(=O)COCC(C)(C)N)c1. The average molecular weight is 252 g/mol. The molecular weight excluding hydrogens is 232 g/mol. The molecule has 18 heavy (non-hydrogen) atoms. The first-order valence-corrected chi connectivity index (χ1v) is 5.71. The number of carbonyl (C=O) groups is 1. The van der Waals surface area contributed by atoms with Crippen LogP contribution in [0.4, 0.5) is 5.69 Å². The van der Waals surface area contributed by atoms with Gasteiger partial charge in [-0.25, -0.2) is 0 Å². The standard InChI is InChI=1S/C13H20N2O3/c1-13(2,14)9-18-8-12(16)15-10-5-4-6-11(7-10)17-3/h4-7H,8-9,14H2,1-3H3,(H,15,16). The van der Waals surface area contributed by atoms with E-state index in [0.29, 0.717) is 18.0 Å². The van der Waals surface area contributed by atoms with Gasteiger partial charge in [0.15, 0.2) is 0 Å². The summed E-state index contributed by atoms with van der Waals surface area (Å²) in [6.45, 7) is 4.00. The number of nitrogens with two attached hydrogens (primary N) is 1. The number of nitrogens with one attached hydrogen (secondary N) is 1. The summed E-state index contributed by atoms with van der Waals surface area (Å²) in [7, 11) is 1.58. The topological polar surface area (TPSA) is 73.6 Å². The predicted molar refractivity (Wildman–Crippen MR) is 70.7 cm³/mol. The minimum atomic E-state index is -0.434. The number of amides is 1. The second kappa shape index (κ2) is 6.37. The molecule has 0 fully saturated rings. The molecule has 0 aromatic heterocycles. The predicted octanol–water partition coefficient (Wildman–Crippen LogP) is 1.39. The molecule has 0 aliphatic heterocycles. The molecule has 1 amide bonds. The number of anilines is 1. The molecule has 0 bridgehead atoms. The lowest BCUT2D eigenvalue weighted by molar-refractivity contribution is -0.121. The zero-order valence-corrected chi connectivity index (χ0v) is 11.0. The van der Waals surface area contributed by atoms with Crippen LogP contribution in [0.15, 0.2) is 24.3 Å². The van der Waals surface area contributed by atoms with E-state index in [0.717, 1.165) is 0 Å². The van der Waals surface area contributed by atoms with Crippen molar-refractivity contribution in [3.8, 4) is 5.75 Å². The van der Waals surface area contributed by atoms with Gasteiger partial charge in [0.1, 0.15) is 12.4 Å². The fraction of sp³-hybridized carbons (Fsp3) is 0.462. The van der Waals surface area contributed by atoms with Gasteiger partial charge in [0.05, 0.1) is 13.7 Å². The van der Waals surface area contributed by atoms with Crippen LogP contribution in [0, 0.1) is 0 Å². The smallest absolute Gasteiger partial charge is 0.250 e. The minimum absolute atomic E-state index is 0.0160. The maximum absolute atomic E-state index is 11.6. The van der Waals surface area contributed by atoms with Crippen molar-refractivity contribution in [2.75, 3.05) is 25.6 Å². The summed E-state index contributed by atoms with van der Waals surface area (Å²) in [5.74, 6) is 0.476. The lowest BCUT2D eigenvalue weighted by Crippen LogP contribution is -2.38. The summed E-state index contributed by atoms with van der Waals surface area (Å²) in [5, 5.41) is 2.72. The van der Waals surface area contributed by atoms with E-state index in [1.807, 2.05) is 19.9 Å². The fourth-order valence-electron chi connectivity index (χ4n) is 1.30. The van der Waals surface area contributed by atoms with Crippen LogP contribution in [0.25, 0.3) is 0 Å². The molecule has 0 saturated carbocycles. The lowest BCUT2D eigenvalue weighted by atomic mass is 10.1.